The largest absolute Gasteiger partial charge is 0.493 e. The zero-order valence-corrected chi connectivity index (χ0v) is 20.6. The van der Waals surface area contributed by atoms with Crippen LogP contribution in [0.25, 0.3) is 17.3 Å². The number of halogens is 2. The van der Waals surface area contributed by atoms with Crippen molar-refractivity contribution in [3.8, 4) is 29.3 Å². The number of nitrogens with zero attached hydrogens (tertiary/aromatic N) is 4. The van der Waals surface area contributed by atoms with Gasteiger partial charge in [0.15, 0.2) is 11.5 Å². The van der Waals surface area contributed by atoms with Crippen LogP contribution in [-0.4, -0.2) is 16.9 Å². The third-order valence-corrected chi connectivity index (χ3v) is 5.91. The van der Waals surface area contributed by atoms with Crippen molar-refractivity contribution in [3.05, 3.63) is 99.2 Å². The van der Waals surface area contributed by atoms with Crippen molar-refractivity contribution in [2.45, 2.75) is 6.61 Å². The van der Waals surface area contributed by atoms with Crippen LogP contribution in [0.2, 0.25) is 10.0 Å². The summed E-state index contributed by atoms with van der Waals surface area (Å²) in [5.41, 5.74) is 8.56. The van der Waals surface area contributed by atoms with Gasteiger partial charge in [-0.3, -0.25) is 0 Å². The molecule has 0 radical (unpaired) electrons. The van der Waals surface area contributed by atoms with Gasteiger partial charge in [-0.15, -0.1) is 0 Å². The molecule has 0 bridgehead atoms. The standard InChI is InChI=1S/C27H19Cl2N5O2/c1-35-24-9-5-6-17(26(24)36-16-18-10-11-20(28)13-23(18)29)12-19(14-30)25-22(15-31)27(32)34(33-25)21-7-3-2-4-8-21/h2-13H,16,32H2,1H3/b19-12+. The van der Waals surface area contributed by atoms with E-state index in [2.05, 4.69) is 17.2 Å². The summed E-state index contributed by atoms with van der Waals surface area (Å²) in [5.74, 6) is 0.994. The first-order valence-electron chi connectivity index (χ1n) is 10.7. The van der Waals surface area contributed by atoms with Crippen molar-refractivity contribution < 1.29 is 9.47 Å². The van der Waals surface area contributed by atoms with Gasteiger partial charge >= 0.3 is 0 Å². The van der Waals surface area contributed by atoms with Crippen LogP contribution in [0.3, 0.4) is 0 Å². The van der Waals surface area contributed by atoms with Gasteiger partial charge in [0, 0.05) is 21.2 Å². The van der Waals surface area contributed by atoms with E-state index in [-0.39, 0.29) is 29.3 Å². The fourth-order valence-corrected chi connectivity index (χ4v) is 4.02. The Morgan fingerprint density at radius 2 is 1.86 bits per heavy atom. The minimum atomic E-state index is 0.102. The van der Waals surface area contributed by atoms with Gasteiger partial charge in [0.1, 0.15) is 35.8 Å². The average molecular weight is 516 g/mol. The predicted octanol–water partition coefficient (Wildman–Crippen LogP) is 6.28. The molecule has 0 unspecified atom stereocenters. The van der Waals surface area contributed by atoms with Gasteiger partial charge < -0.3 is 15.2 Å². The summed E-state index contributed by atoms with van der Waals surface area (Å²) in [4.78, 5) is 0. The van der Waals surface area contributed by atoms with E-state index >= 15 is 0 Å². The minimum absolute atomic E-state index is 0.102. The highest BCUT2D eigenvalue weighted by atomic mass is 35.5. The molecule has 0 spiro atoms. The van der Waals surface area contributed by atoms with Crippen molar-refractivity contribution in [3.63, 3.8) is 0 Å². The van der Waals surface area contributed by atoms with Crippen molar-refractivity contribution >= 4 is 40.7 Å². The molecule has 3 aromatic carbocycles. The molecule has 1 heterocycles. The number of hydrogen-bond donors (Lipinski definition) is 1. The number of allylic oxidation sites excluding steroid dienone is 1. The topological polar surface area (TPSA) is 110 Å². The summed E-state index contributed by atoms with van der Waals surface area (Å²) >= 11 is 12.3. The molecule has 7 nitrogen and oxygen atoms in total. The maximum atomic E-state index is 10.00. The molecule has 0 aliphatic rings. The zero-order chi connectivity index (χ0) is 25.7. The Morgan fingerprint density at radius 3 is 2.53 bits per heavy atom. The van der Waals surface area contributed by atoms with Crippen LogP contribution < -0.4 is 15.2 Å². The smallest absolute Gasteiger partial charge is 0.168 e. The van der Waals surface area contributed by atoms with Crippen LogP contribution >= 0.6 is 23.2 Å². The van der Waals surface area contributed by atoms with E-state index in [4.69, 9.17) is 38.4 Å². The first kappa shape index (κ1) is 24.7. The highest BCUT2D eigenvalue weighted by Gasteiger charge is 2.21. The summed E-state index contributed by atoms with van der Waals surface area (Å²) in [6.45, 7) is 0.137. The molecular formula is C27H19Cl2N5O2. The number of nitrogens with two attached hydrogens (primary N) is 1. The van der Waals surface area contributed by atoms with Crippen LogP contribution in [0.1, 0.15) is 22.4 Å². The van der Waals surface area contributed by atoms with E-state index in [9.17, 15) is 10.5 Å². The molecule has 0 saturated heterocycles. The number of hydrogen-bond acceptors (Lipinski definition) is 6. The first-order chi connectivity index (χ1) is 17.5. The van der Waals surface area contributed by atoms with E-state index in [0.29, 0.717) is 32.8 Å². The van der Waals surface area contributed by atoms with Gasteiger partial charge in [0.05, 0.1) is 18.4 Å². The highest BCUT2D eigenvalue weighted by Crippen LogP contribution is 2.36. The quantitative estimate of drug-likeness (QED) is 0.289. The molecule has 4 rings (SSSR count). The number of rotatable bonds is 7. The van der Waals surface area contributed by atoms with Crippen LogP contribution in [0.5, 0.6) is 11.5 Å². The lowest BCUT2D eigenvalue weighted by atomic mass is 10.0. The number of nitrogen functional groups attached to an aromatic ring is 1. The Bertz CT molecular complexity index is 1530. The Hall–Kier alpha value is -4.43. The highest BCUT2D eigenvalue weighted by molar-refractivity contribution is 6.35. The lowest BCUT2D eigenvalue weighted by Gasteiger charge is -2.14. The molecule has 36 heavy (non-hydrogen) atoms. The second-order valence-electron chi connectivity index (χ2n) is 7.54. The molecule has 4 aromatic rings. The normalized spacial score (nSPS) is 11.0. The molecule has 0 saturated carbocycles. The SMILES string of the molecule is COc1cccc(/C=C(\C#N)c2nn(-c3ccccc3)c(N)c2C#N)c1OCc1ccc(Cl)cc1Cl. The number of para-hydroxylation sites is 2. The number of nitriles is 2. The fraction of sp³-hybridized carbons (Fsp3) is 0.0741. The average Bonchev–Trinajstić information content (AvgIpc) is 3.23. The maximum Gasteiger partial charge on any atom is 0.168 e. The van der Waals surface area contributed by atoms with E-state index in [1.807, 2.05) is 18.2 Å². The predicted molar refractivity (Wildman–Crippen MR) is 140 cm³/mol. The van der Waals surface area contributed by atoms with Crippen molar-refractivity contribution in [1.29, 1.82) is 10.5 Å². The van der Waals surface area contributed by atoms with Gasteiger partial charge in [-0.2, -0.15) is 15.6 Å². The Balaban J connectivity index is 1.77. The third-order valence-electron chi connectivity index (χ3n) is 5.33. The van der Waals surface area contributed by atoms with E-state index in [1.165, 1.54) is 11.8 Å². The van der Waals surface area contributed by atoms with Crippen molar-refractivity contribution in [1.82, 2.24) is 9.78 Å². The molecule has 1 aromatic heterocycles. The van der Waals surface area contributed by atoms with Crippen LogP contribution in [0.4, 0.5) is 5.82 Å². The zero-order valence-electron chi connectivity index (χ0n) is 19.1. The first-order valence-corrected chi connectivity index (χ1v) is 11.4. The molecule has 0 fully saturated rings. The molecule has 0 amide bonds. The number of aromatic nitrogens is 2. The number of anilines is 1. The van der Waals surface area contributed by atoms with E-state index in [1.54, 1.807) is 54.6 Å². The third kappa shape index (κ3) is 4.99. The number of ether oxygens (including phenoxy) is 2. The summed E-state index contributed by atoms with van der Waals surface area (Å²) < 4.78 is 13.0. The molecule has 2 N–H and O–H groups in total. The number of methoxy groups -OCH3 is 1. The molecule has 9 heteroatoms. The molecule has 178 valence electrons. The van der Waals surface area contributed by atoms with Gasteiger partial charge in [-0.25, -0.2) is 4.68 Å². The number of benzene rings is 3. The Labute approximate surface area is 218 Å². The van der Waals surface area contributed by atoms with Gasteiger partial charge in [-0.05, 0) is 36.4 Å². The van der Waals surface area contributed by atoms with Gasteiger partial charge in [0.2, 0.25) is 0 Å². The van der Waals surface area contributed by atoms with Crippen molar-refractivity contribution in [2.75, 3.05) is 12.8 Å². The monoisotopic (exact) mass is 515 g/mol. The van der Waals surface area contributed by atoms with Crippen LogP contribution in [0, 0.1) is 22.7 Å². The molecule has 0 atom stereocenters. The lowest BCUT2D eigenvalue weighted by Crippen LogP contribution is -2.02. The summed E-state index contributed by atoms with van der Waals surface area (Å²) in [5, 5.41) is 25.2. The summed E-state index contributed by atoms with van der Waals surface area (Å²) in [7, 11) is 1.52. The van der Waals surface area contributed by atoms with Crippen LogP contribution in [-0.2, 0) is 6.61 Å². The molecular weight excluding hydrogens is 497 g/mol. The minimum Gasteiger partial charge on any atom is -0.493 e. The Kier molecular flexibility index (Phi) is 7.46. The fourth-order valence-electron chi connectivity index (χ4n) is 3.56. The maximum absolute atomic E-state index is 10.00. The summed E-state index contributed by atoms with van der Waals surface area (Å²) in [6, 6.07) is 23.7. The Morgan fingerprint density at radius 1 is 1.08 bits per heavy atom. The van der Waals surface area contributed by atoms with E-state index in [0.717, 1.165) is 5.56 Å². The van der Waals surface area contributed by atoms with Gasteiger partial charge in [0.25, 0.3) is 0 Å². The van der Waals surface area contributed by atoms with Crippen LogP contribution in [0.15, 0.2) is 66.7 Å². The summed E-state index contributed by atoms with van der Waals surface area (Å²) in [6.07, 6.45) is 1.58. The van der Waals surface area contributed by atoms with Gasteiger partial charge in [-0.1, -0.05) is 59.6 Å². The lowest BCUT2D eigenvalue weighted by molar-refractivity contribution is 0.284. The second-order valence-corrected chi connectivity index (χ2v) is 8.38. The molecule has 0 aliphatic heterocycles. The van der Waals surface area contributed by atoms with Crippen molar-refractivity contribution in [2.24, 2.45) is 0 Å². The second kappa shape index (κ2) is 10.9. The molecule has 0 aliphatic carbocycles. The van der Waals surface area contributed by atoms with E-state index < -0.39 is 0 Å².